The van der Waals surface area contributed by atoms with Crippen LogP contribution in [0.15, 0.2) is 0 Å². The van der Waals surface area contributed by atoms with Gasteiger partial charge in [-0.2, -0.15) is 0 Å². The van der Waals surface area contributed by atoms with Crippen LogP contribution in [0.25, 0.3) is 0 Å². The van der Waals surface area contributed by atoms with E-state index < -0.39 is 9.76 Å². The van der Waals surface area contributed by atoms with Crippen LogP contribution in [-0.2, 0) is 18.7 Å². The first kappa shape index (κ1) is 35.7. The lowest BCUT2D eigenvalue weighted by atomic mass is 10.0. The Morgan fingerprint density at radius 2 is 1.18 bits per heavy atom. The predicted octanol–water partition coefficient (Wildman–Crippen LogP) is 7.97. The number of aliphatic hydroxyl groups excluding tert-OH is 1. The molecule has 0 atom stereocenters. The zero-order chi connectivity index (χ0) is 25.5. The molecule has 0 bridgehead atoms. The highest BCUT2D eigenvalue weighted by Crippen LogP contribution is 2.14. The fourth-order valence-electron chi connectivity index (χ4n) is 4.00. The van der Waals surface area contributed by atoms with Crippen LogP contribution in [0.2, 0.25) is 6.04 Å². The molecule has 0 aromatic heterocycles. The first-order chi connectivity index (χ1) is 16.7. The summed E-state index contributed by atoms with van der Waals surface area (Å²) in [4.78, 5) is 11.7. The fraction of sp³-hybridized carbons (Fsp3) is 0.926. The standard InChI is InChI=1S/C26H54O4Si.CH2OS/c1-4-5-6-21-24-31-30-25(27)22-19-17-15-13-11-9-7-8-10-12-14-16-18-20-23-26(28-2)29-3;2-1-3/h26H,4-24,31H2,1-3H3;1H,(H,2,3). The minimum absolute atomic E-state index is 0.0205. The lowest BCUT2D eigenvalue weighted by molar-refractivity contribution is -0.134. The molecule has 0 aromatic carbocycles. The molecule has 204 valence electrons. The van der Waals surface area contributed by atoms with Crippen molar-refractivity contribution >= 4 is 33.5 Å². The van der Waals surface area contributed by atoms with E-state index in [9.17, 15) is 4.79 Å². The number of carbonyl (C=O) groups is 1. The van der Waals surface area contributed by atoms with Crippen LogP contribution in [0.1, 0.15) is 135 Å². The highest BCUT2D eigenvalue weighted by Gasteiger charge is 2.04. The number of hydrogen-bond acceptors (Lipinski definition) is 5. The van der Waals surface area contributed by atoms with Gasteiger partial charge in [-0.3, -0.25) is 4.79 Å². The van der Waals surface area contributed by atoms with Gasteiger partial charge in [0.25, 0.3) is 5.97 Å². The summed E-state index contributed by atoms with van der Waals surface area (Å²) < 4.78 is 15.9. The molecule has 0 aliphatic rings. The molecular formula is C27H56O5SSi. The Morgan fingerprint density at radius 3 is 1.62 bits per heavy atom. The minimum atomic E-state index is -0.594. The third-order valence-corrected chi connectivity index (χ3v) is 7.42. The molecule has 34 heavy (non-hydrogen) atoms. The topological polar surface area (TPSA) is 65.0 Å². The molecule has 0 saturated heterocycles. The van der Waals surface area contributed by atoms with Gasteiger partial charge >= 0.3 is 0 Å². The number of carbonyl (C=O) groups excluding carboxylic acids is 1. The number of thiocarbonyl (C=S) groups is 1. The average Bonchev–Trinajstić information content (AvgIpc) is 2.84. The van der Waals surface area contributed by atoms with Crippen molar-refractivity contribution in [2.24, 2.45) is 0 Å². The Morgan fingerprint density at radius 1 is 0.765 bits per heavy atom. The van der Waals surface area contributed by atoms with E-state index in [0.29, 0.717) is 12.0 Å². The van der Waals surface area contributed by atoms with Gasteiger partial charge in [0, 0.05) is 20.6 Å². The van der Waals surface area contributed by atoms with Gasteiger partial charge in [0.05, 0.1) is 0 Å². The van der Waals surface area contributed by atoms with Crippen LogP contribution in [0.5, 0.6) is 0 Å². The third-order valence-electron chi connectivity index (χ3n) is 6.11. The number of ether oxygens (including phenoxy) is 2. The van der Waals surface area contributed by atoms with Gasteiger partial charge in [-0.15, -0.1) is 0 Å². The van der Waals surface area contributed by atoms with Crippen LogP contribution in [0.4, 0.5) is 0 Å². The maximum Gasteiger partial charge on any atom is 0.292 e. The summed E-state index contributed by atoms with van der Waals surface area (Å²) >= 11 is 3.82. The van der Waals surface area contributed by atoms with E-state index in [2.05, 4.69) is 19.1 Å². The quantitative estimate of drug-likeness (QED) is 0.0570. The minimum Gasteiger partial charge on any atom is -0.525 e. The molecule has 1 N–H and O–H groups in total. The second-order valence-electron chi connectivity index (χ2n) is 9.13. The van der Waals surface area contributed by atoms with Crippen molar-refractivity contribution in [2.75, 3.05) is 14.2 Å². The zero-order valence-electron chi connectivity index (χ0n) is 22.7. The maximum absolute atomic E-state index is 11.7. The Bertz CT molecular complexity index is 408. The summed E-state index contributed by atoms with van der Waals surface area (Å²) in [6, 6.07) is 1.16. The monoisotopic (exact) mass is 520 g/mol. The molecule has 0 heterocycles. The fourth-order valence-corrected chi connectivity index (χ4v) is 5.07. The maximum atomic E-state index is 11.7. The van der Waals surface area contributed by atoms with E-state index in [0.717, 1.165) is 18.9 Å². The van der Waals surface area contributed by atoms with Crippen molar-refractivity contribution in [2.45, 2.75) is 148 Å². The van der Waals surface area contributed by atoms with Crippen molar-refractivity contribution < 1.29 is 23.8 Å². The number of unbranched alkanes of at least 4 members (excludes halogenated alkanes) is 16. The summed E-state index contributed by atoms with van der Waals surface area (Å²) in [5.41, 5.74) is 0.583. The number of hydrogen-bond donors (Lipinski definition) is 1. The molecule has 5 nitrogen and oxygen atoms in total. The molecule has 0 saturated carbocycles. The first-order valence-electron chi connectivity index (χ1n) is 13.9. The molecule has 0 aromatic rings. The lowest BCUT2D eigenvalue weighted by Crippen LogP contribution is -2.12. The van der Waals surface area contributed by atoms with E-state index in [4.69, 9.17) is 19.0 Å². The first-order valence-corrected chi connectivity index (χ1v) is 16.0. The zero-order valence-corrected chi connectivity index (χ0v) is 24.9. The molecule has 0 amide bonds. The molecular weight excluding hydrogens is 464 g/mol. The van der Waals surface area contributed by atoms with E-state index in [-0.39, 0.29) is 12.3 Å². The van der Waals surface area contributed by atoms with Crippen LogP contribution >= 0.6 is 12.2 Å². The summed E-state index contributed by atoms with van der Waals surface area (Å²) in [6.45, 7) is 2.23. The predicted molar refractivity (Wildman–Crippen MR) is 152 cm³/mol. The summed E-state index contributed by atoms with van der Waals surface area (Å²) in [5, 5.41) is 7.26. The molecule has 0 fully saturated rings. The molecule has 0 aliphatic heterocycles. The second kappa shape index (κ2) is 32.5. The molecule has 0 aliphatic carbocycles. The van der Waals surface area contributed by atoms with Gasteiger partial charge in [-0.1, -0.05) is 110 Å². The van der Waals surface area contributed by atoms with Crippen molar-refractivity contribution in [1.29, 1.82) is 0 Å². The van der Waals surface area contributed by atoms with E-state index in [1.54, 1.807) is 14.2 Å². The SMILES string of the molecule is CCCCCC[SiH2]OC(=O)CCCCCCCCCCCCCCCCC(OC)OC.OC=S. The smallest absolute Gasteiger partial charge is 0.292 e. The number of rotatable bonds is 25. The van der Waals surface area contributed by atoms with Gasteiger partial charge < -0.3 is 19.0 Å². The molecule has 0 rings (SSSR count). The van der Waals surface area contributed by atoms with Crippen molar-refractivity contribution in [1.82, 2.24) is 0 Å². The highest BCUT2D eigenvalue weighted by atomic mass is 32.1. The van der Waals surface area contributed by atoms with Gasteiger partial charge in [-0.05, 0) is 37.5 Å². The van der Waals surface area contributed by atoms with Crippen LogP contribution in [-0.4, -0.2) is 46.9 Å². The van der Waals surface area contributed by atoms with E-state index in [1.807, 2.05) is 0 Å². The normalized spacial score (nSPS) is 11.1. The van der Waals surface area contributed by atoms with Crippen LogP contribution in [0, 0.1) is 0 Å². The Kier molecular flexibility index (Phi) is 34.1. The van der Waals surface area contributed by atoms with Gasteiger partial charge in [-0.25, -0.2) is 0 Å². The van der Waals surface area contributed by atoms with Gasteiger partial charge in [0.1, 0.15) is 5.55 Å². The Labute approximate surface area is 219 Å². The van der Waals surface area contributed by atoms with Gasteiger partial charge in [0.15, 0.2) is 6.29 Å². The highest BCUT2D eigenvalue weighted by molar-refractivity contribution is 7.78. The van der Waals surface area contributed by atoms with Crippen LogP contribution < -0.4 is 0 Å². The molecule has 0 unspecified atom stereocenters. The molecule has 0 radical (unpaired) electrons. The Balaban J connectivity index is 0. The molecule has 7 heteroatoms. The number of methoxy groups -OCH3 is 2. The largest absolute Gasteiger partial charge is 0.525 e. The van der Waals surface area contributed by atoms with Crippen LogP contribution in [0.3, 0.4) is 0 Å². The average molecular weight is 521 g/mol. The van der Waals surface area contributed by atoms with Crippen molar-refractivity contribution in [3.05, 3.63) is 0 Å². The van der Waals surface area contributed by atoms with Crippen molar-refractivity contribution in [3.8, 4) is 0 Å². The Hall–Kier alpha value is -0.503. The lowest BCUT2D eigenvalue weighted by Gasteiger charge is -2.12. The third kappa shape index (κ3) is 31.5. The van der Waals surface area contributed by atoms with E-state index in [1.165, 1.54) is 109 Å². The summed E-state index contributed by atoms with van der Waals surface area (Å²) in [5.74, 6) is 0.0660. The molecule has 0 spiro atoms. The summed E-state index contributed by atoms with van der Waals surface area (Å²) in [6.07, 6.45) is 25.1. The van der Waals surface area contributed by atoms with E-state index >= 15 is 0 Å². The second-order valence-corrected chi connectivity index (χ2v) is 10.7. The number of aliphatic hydroxyl groups is 1. The summed E-state index contributed by atoms with van der Waals surface area (Å²) in [7, 11) is 2.83. The van der Waals surface area contributed by atoms with Crippen molar-refractivity contribution in [3.63, 3.8) is 0 Å². The van der Waals surface area contributed by atoms with Gasteiger partial charge in [0.2, 0.25) is 9.76 Å².